The van der Waals surface area contributed by atoms with Gasteiger partial charge in [-0.3, -0.25) is 9.59 Å². The molecule has 112 valence electrons. The lowest BCUT2D eigenvalue weighted by Crippen LogP contribution is -2.39. The van der Waals surface area contributed by atoms with Crippen molar-refractivity contribution in [3.8, 4) is 0 Å². The Hall–Kier alpha value is -2.07. The number of ketones is 1. The second-order valence-corrected chi connectivity index (χ2v) is 6.78. The molecule has 1 N–H and O–H groups in total. The van der Waals surface area contributed by atoms with Crippen LogP contribution < -0.4 is 0 Å². The summed E-state index contributed by atoms with van der Waals surface area (Å²) in [7, 11) is 0. The molecule has 0 bridgehead atoms. The molecule has 3 nitrogen and oxygen atoms in total. The highest BCUT2D eigenvalue weighted by Gasteiger charge is 2.40. The molecule has 3 rings (SSSR count). The van der Waals surface area contributed by atoms with Crippen LogP contribution in [-0.2, 0) is 21.4 Å². The van der Waals surface area contributed by atoms with Gasteiger partial charge in [-0.05, 0) is 49.1 Å². The minimum absolute atomic E-state index is 0.358. The molecular weight excluding hydrogens is 296 g/mol. The second kappa shape index (κ2) is 5.29. The minimum atomic E-state index is -1.49. The van der Waals surface area contributed by atoms with Crippen LogP contribution in [0.2, 0.25) is 0 Å². The molecule has 1 aliphatic rings. The number of carboxylic acid groups (broad SMARTS) is 1. The molecule has 0 fully saturated rings. The number of carbonyl (C=O) groups excluding carboxylic acids is 1. The fraction of sp³-hybridized carbons (Fsp3) is 0.222. The Labute approximate surface area is 133 Å². The van der Waals surface area contributed by atoms with E-state index in [0.29, 0.717) is 5.56 Å². The minimum Gasteiger partial charge on any atom is -0.480 e. The summed E-state index contributed by atoms with van der Waals surface area (Å²) in [6.07, 6.45) is 0.764. The average Bonchev–Trinajstić information content (AvgIpc) is 2.51. The van der Waals surface area contributed by atoms with Gasteiger partial charge in [-0.2, -0.15) is 0 Å². The zero-order valence-corrected chi connectivity index (χ0v) is 13.2. The van der Waals surface area contributed by atoms with E-state index in [1.807, 2.05) is 24.3 Å². The van der Waals surface area contributed by atoms with E-state index >= 15 is 0 Å². The number of hydrogen-bond acceptors (Lipinski definition) is 3. The third kappa shape index (κ3) is 2.24. The summed E-state index contributed by atoms with van der Waals surface area (Å²) in [5, 5.41) is 9.49. The lowest BCUT2D eigenvalue weighted by molar-refractivity contribution is -0.147. The van der Waals surface area contributed by atoms with Crippen LogP contribution in [0.3, 0.4) is 0 Å². The van der Waals surface area contributed by atoms with Crippen molar-refractivity contribution >= 4 is 23.5 Å². The van der Waals surface area contributed by atoms with Crippen LogP contribution in [0.1, 0.15) is 30.5 Å². The van der Waals surface area contributed by atoms with E-state index < -0.39 is 11.4 Å². The number of benzene rings is 2. The topological polar surface area (TPSA) is 54.4 Å². The Bertz CT molecular complexity index is 766. The average molecular weight is 312 g/mol. The molecule has 0 saturated heterocycles. The zero-order valence-electron chi connectivity index (χ0n) is 12.4. The molecule has 2 aromatic rings. The van der Waals surface area contributed by atoms with Crippen molar-refractivity contribution in [1.82, 2.24) is 0 Å². The maximum Gasteiger partial charge on any atom is 0.321 e. The summed E-state index contributed by atoms with van der Waals surface area (Å²) in [5.41, 5.74) is 1.37. The molecule has 1 aliphatic heterocycles. The number of fused-ring (bicyclic) bond motifs is 2. The normalized spacial score (nSPS) is 15.4. The Balaban J connectivity index is 2.06. The number of carbonyl (C=O) groups is 2. The molecule has 0 saturated carbocycles. The van der Waals surface area contributed by atoms with E-state index in [-0.39, 0.29) is 5.78 Å². The van der Waals surface area contributed by atoms with Crippen LogP contribution in [0.25, 0.3) is 0 Å². The predicted molar refractivity (Wildman–Crippen MR) is 85.5 cm³/mol. The molecule has 0 spiro atoms. The molecule has 1 atom stereocenters. The Morgan fingerprint density at radius 3 is 2.45 bits per heavy atom. The monoisotopic (exact) mass is 312 g/mol. The van der Waals surface area contributed by atoms with Gasteiger partial charge in [0, 0.05) is 9.79 Å². The molecule has 0 aromatic heterocycles. The van der Waals surface area contributed by atoms with Crippen LogP contribution in [0.4, 0.5) is 0 Å². The number of hydrogen-bond donors (Lipinski definition) is 1. The summed E-state index contributed by atoms with van der Waals surface area (Å²) in [6, 6.07) is 13.7. The van der Waals surface area contributed by atoms with Crippen molar-refractivity contribution in [1.29, 1.82) is 0 Å². The van der Waals surface area contributed by atoms with E-state index in [2.05, 4.69) is 12.1 Å². The molecular formula is C18H16O3S. The second-order valence-electron chi connectivity index (χ2n) is 5.70. The van der Waals surface area contributed by atoms with Crippen molar-refractivity contribution in [2.45, 2.75) is 35.5 Å². The quantitative estimate of drug-likeness (QED) is 0.750. The highest BCUT2D eigenvalue weighted by Crippen LogP contribution is 2.41. The number of aliphatic carboxylic acids is 1. The van der Waals surface area contributed by atoms with Gasteiger partial charge in [-0.1, -0.05) is 42.1 Å². The maximum absolute atomic E-state index is 11.9. The molecule has 0 amide bonds. The van der Waals surface area contributed by atoms with Crippen molar-refractivity contribution in [3.05, 3.63) is 59.2 Å². The first-order valence-corrected chi connectivity index (χ1v) is 7.88. The van der Waals surface area contributed by atoms with Crippen molar-refractivity contribution in [2.24, 2.45) is 0 Å². The number of carboxylic acids is 1. The van der Waals surface area contributed by atoms with Crippen LogP contribution in [0, 0.1) is 0 Å². The van der Waals surface area contributed by atoms with Gasteiger partial charge in [0.2, 0.25) is 0 Å². The Kier molecular flexibility index (Phi) is 3.57. The lowest BCUT2D eigenvalue weighted by Gasteiger charge is -2.25. The maximum atomic E-state index is 11.9. The van der Waals surface area contributed by atoms with Gasteiger partial charge in [-0.15, -0.1) is 0 Å². The van der Waals surface area contributed by atoms with E-state index in [9.17, 15) is 14.7 Å². The van der Waals surface area contributed by atoms with Crippen LogP contribution in [0.5, 0.6) is 0 Å². The molecule has 2 aromatic carbocycles. The first-order chi connectivity index (χ1) is 10.4. The van der Waals surface area contributed by atoms with E-state index in [0.717, 1.165) is 16.9 Å². The highest BCUT2D eigenvalue weighted by molar-refractivity contribution is 7.99. The first-order valence-electron chi connectivity index (χ1n) is 7.06. The summed E-state index contributed by atoms with van der Waals surface area (Å²) in [6.45, 7) is 2.81. The molecule has 1 unspecified atom stereocenters. The van der Waals surface area contributed by atoms with Gasteiger partial charge in [0.1, 0.15) is 5.41 Å². The number of rotatable bonds is 3. The van der Waals surface area contributed by atoms with E-state index in [1.165, 1.54) is 24.3 Å². The molecule has 0 aliphatic carbocycles. The van der Waals surface area contributed by atoms with Gasteiger partial charge in [0.25, 0.3) is 0 Å². The smallest absolute Gasteiger partial charge is 0.321 e. The van der Waals surface area contributed by atoms with Crippen LogP contribution >= 0.6 is 11.8 Å². The third-order valence-corrected chi connectivity index (χ3v) is 5.58. The van der Waals surface area contributed by atoms with Gasteiger partial charge in [0.05, 0.1) is 0 Å². The third-order valence-electron chi connectivity index (χ3n) is 4.34. The van der Waals surface area contributed by atoms with Crippen LogP contribution in [0.15, 0.2) is 52.3 Å². The van der Waals surface area contributed by atoms with E-state index in [4.69, 9.17) is 0 Å². The fourth-order valence-corrected chi connectivity index (χ4v) is 3.73. The SMILES string of the molecule is CC(=O)C(C)(C(=O)O)c1ccc2c(c1)Cc1ccccc1S2. The van der Waals surface area contributed by atoms with E-state index in [1.54, 1.807) is 17.8 Å². The van der Waals surface area contributed by atoms with Crippen molar-refractivity contribution in [3.63, 3.8) is 0 Å². The first kappa shape index (κ1) is 14.9. The van der Waals surface area contributed by atoms with Crippen molar-refractivity contribution < 1.29 is 14.7 Å². The molecule has 22 heavy (non-hydrogen) atoms. The van der Waals surface area contributed by atoms with Gasteiger partial charge < -0.3 is 5.11 Å². The van der Waals surface area contributed by atoms with Gasteiger partial charge in [0.15, 0.2) is 5.78 Å². The fourth-order valence-electron chi connectivity index (χ4n) is 2.68. The zero-order chi connectivity index (χ0) is 15.9. The molecule has 4 heteroatoms. The molecule has 1 heterocycles. The summed E-state index contributed by atoms with van der Waals surface area (Å²) >= 11 is 1.69. The Morgan fingerprint density at radius 2 is 1.77 bits per heavy atom. The largest absolute Gasteiger partial charge is 0.480 e. The van der Waals surface area contributed by atoms with Gasteiger partial charge >= 0.3 is 5.97 Å². The standard InChI is InChI=1S/C18H16O3S/c1-11(19)18(2,17(20)21)14-7-8-16-13(10-14)9-12-5-3-4-6-15(12)22-16/h3-8,10H,9H2,1-2H3,(H,20,21). The van der Waals surface area contributed by atoms with Crippen molar-refractivity contribution in [2.75, 3.05) is 0 Å². The summed E-state index contributed by atoms with van der Waals surface area (Å²) in [4.78, 5) is 25.8. The number of Topliss-reactive ketones (excluding diaryl/α,β-unsaturated/α-hetero) is 1. The van der Waals surface area contributed by atoms with Crippen LogP contribution in [-0.4, -0.2) is 16.9 Å². The highest BCUT2D eigenvalue weighted by atomic mass is 32.2. The molecule has 0 radical (unpaired) electrons. The Morgan fingerprint density at radius 1 is 1.09 bits per heavy atom. The van der Waals surface area contributed by atoms with Gasteiger partial charge in [-0.25, -0.2) is 0 Å². The summed E-state index contributed by atoms with van der Waals surface area (Å²) < 4.78 is 0. The lowest BCUT2D eigenvalue weighted by atomic mass is 9.78. The predicted octanol–water partition coefficient (Wildman–Crippen LogP) is 3.67. The summed E-state index contributed by atoms with van der Waals surface area (Å²) in [5.74, 6) is -1.47.